The maximum absolute atomic E-state index is 11.8. The molecule has 0 radical (unpaired) electrons. The van der Waals surface area contributed by atoms with Crippen molar-refractivity contribution in [2.24, 2.45) is 0 Å². The van der Waals surface area contributed by atoms with Crippen molar-refractivity contribution in [1.82, 2.24) is 4.98 Å². The fourth-order valence-electron chi connectivity index (χ4n) is 1.44. The Balaban J connectivity index is 2.18. The maximum Gasteiger partial charge on any atom is 0.343 e. The lowest BCUT2D eigenvalue weighted by Crippen LogP contribution is -2.08. The molecule has 17 heavy (non-hydrogen) atoms. The third-order valence-electron chi connectivity index (χ3n) is 2.59. The van der Waals surface area contributed by atoms with E-state index in [4.69, 9.17) is 4.74 Å². The van der Waals surface area contributed by atoms with Crippen LogP contribution in [0.15, 0.2) is 42.7 Å². The second kappa shape index (κ2) is 4.78. The summed E-state index contributed by atoms with van der Waals surface area (Å²) in [6, 6.07) is 8.93. The minimum Gasteiger partial charge on any atom is -0.421 e. The number of nitrogens with zero attached hydrogens (tertiary/aromatic N) is 1. The van der Waals surface area contributed by atoms with Gasteiger partial charge in [-0.15, -0.1) is 0 Å². The molecular weight excluding hydrogens is 214 g/mol. The fraction of sp³-hybridized carbons (Fsp3) is 0.143. The molecule has 86 valence electrons. The summed E-state index contributed by atoms with van der Waals surface area (Å²) in [5.41, 5.74) is 2.78. The molecule has 2 rings (SSSR count). The zero-order valence-corrected chi connectivity index (χ0v) is 9.81. The zero-order chi connectivity index (χ0) is 12.3. The van der Waals surface area contributed by atoms with Crippen LogP contribution in [0.3, 0.4) is 0 Å². The van der Waals surface area contributed by atoms with Crippen LogP contribution in [0, 0.1) is 13.8 Å². The van der Waals surface area contributed by atoms with Crippen LogP contribution in [-0.2, 0) is 0 Å². The number of ether oxygens (including phenoxy) is 1. The van der Waals surface area contributed by atoms with Gasteiger partial charge in [-0.1, -0.05) is 6.07 Å². The van der Waals surface area contributed by atoms with Gasteiger partial charge < -0.3 is 4.74 Å². The summed E-state index contributed by atoms with van der Waals surface area (Å²) in [7, 11) is 0. The summed E-state index contributed by atoms with van der Waals surface area (Å²) in [4.78, 5) is 15.7. The van der Waals surface area contributed by atoms with Crippen molar-refractivity contribution in [2.75, 3.05) is 0 Å². The van der Waals surface area contributed by atoms with E-state index < -0.39 is 0 Å². The van der Waals surface area contributed by atoms with Crippen molar-refractivity contribution in [3.63, 3.8) is 0 Å². The average molecular weight is 227 g/mol. The van der Waals surface area contributed by atoms with E-state index in [9.17, 15) is 4.79 Å². The molecule has 0 saturated heterocycles. The normalized spacial score (nSPS) is 10.0. The first-order valence-corrected chi connectivity index (χ1v) is 5.36. The maximum atomic E-state index is 11.8. The average Bonchev–Trinajstić information content (AvgIpc) is 2.34. The van der Waals surface area contributed by atoms with Crippen LogP contribution in [0.1, 0.15) is 21.5 Å². The van der Waals surface area contributed by atoms with Crippen molar-refractivity contribution in [1.29, 1.82) is 0 Å². The van der Waals surface area contributed by atoms with Crippen LogP contribution in [0.4, 0.5) is 0 Å². The molecule has 0 aliphatic heterocycles. The number of aromatic nitrogens is 1. The van der Waals surface area contributed by atoms with E-state index in [-0.39, 0.29) is 5.97 Å². The second-order valence-corrected chi connectivity index (χ2v) is 3.88. The first-order valence-electron chi connectivity index (χ1n) is 5.36. The summed E-state index contributed by atoms with van der Waals surface area (Å²) < 4.78 is 5.19. The Morgan fingerprint density at radius 3 is 2.65 bits per heavy atom. The highest BCUT2D eigenvalue weighted by molar-refractivity contribution is 5.91. The van der Waals surface area contributed by atoms with Gasteiger partial charge in [0.25, 0.3) is 0 Å². The molecule has 0 amide bonds. The molecule has 1 aromatic heterocycles. The van der Waals surface area contributed by atoms with Gasteiger partial charge in [-0.3, -0.25) is 4.98 Å². The number of pyridine rings is 1. The molecule has 2 aromatic rings. The topological polar surface area (TPSA) is 39.2 Å². The summed E-state index contributed by atoms with van der Waals surface area (Å²) in [5.74, 6) is 0.0943. The standard InChI is InChI=1S/C14H13NO2/c1-10-5-6-12(8-11(10)2)14(16)17-13-4-3-7-15-9-13/h3-9H,1-2H3. The lowest BCUT2D eigenvalue weighted by Gasteiger charge is -2.05. The van der Waals surface area contributed by atoms with E-state index >= 15 is 0 Å². The molecule has 0 spiro atoms. The first-order chi connectivity index (χ1) is 8.16. The van der Waals surface area contributed by atoms with E-state index in [1.807, 2.05) is 26.0 Å². The number of benzene rings is 1. The predicted molar refractivity (Wildman–Crippen MR) is 65.1 cm³/mol. The Kier molecular flexibility index (Phi) is 3.19. The van der Waals surface area contributed by atoms with Gasteiger partial charge in [0.1, 0.15) is 5.75 Å². The number of hydrogen-bond donors (Lipinski definition) is 0. The Morgan fingerprint density at radius 2 is 2.00 bits per heavy atom. The molecule has 0 aliphatic carbocycles. The van der Waals surface area contributed by atoms with Crippen molar-refractivity contribution in [3.05, 3.63) is 59.4 Å². The largest absolute Gasteiger partial charge is 0.421 e. The highest BCUT2D eigenvalue weighted by Crippen LogP contribution is 2.13. The first kappa shape index (κ1) is 11.3. The van der Waals surface area contributed by atoms with Gasteiger partial charge in [0.2, 0.25) is 0 Å². The summed E-state index contributed by atoms with van der Waals surface area (Å²) in [6.07, 6.45) is 3.15. The van der Waals surface area contributed by atoms with Gasteiger partial charge in [-0.2, -0.15) is 0 Å². The summed E-state index contributed by atoms with van der Waals surface area (Å²) in [5, 5.41) is 0. The van der Waals surface area contributed by atoms with Crippen LogP contribution < -0.4 is 4.74 Å². The van der Waals surface area contributed by atoms with E-state index in [1.165, 1.54) is 6.20 Å². The lowest BCUT2D eigenvalue weighted by atomic mass is 10.1. The summed E-state index contributed by atoms with van der Waals surface area (Å²) >= 11 is 0. The molecule has 0 aliphatic rings. The van der Waals surface area contributed by atoms with E-state index in [0.29, 0.717) is 11.3 Å². The van der Waals surface area contributed by atoms with E-state index in [0.717, 1.165) is 11.1 Å². The number of carbonyl (C=O) groups is 1. The molecule has 3 nitrogen and oxygen atoms in total. The second-order valence-electron chi connectivity index (χ2n) is 3.88. The lowest BCUT2D eigenvalue weighted by molar-refractivity contribution is 0.0734. The molecule has 0 unspecified atom stereocenters. The SMILES string of the molecule is Cc1ccc(C(=O)Oc2cccnc2)cc1C. The van der Waals surface area contributed by atoms with Gasteiger partial charge in [-0.25, -0.2) is 4.79 Å². The number of carbonyl (C=O) groups excluding carboxylic acids is 1. The van der Waals surface area contributed by atoms with Crippen LogP contribution >= 0.6 is 0 Å². The van der Waals surface area contributed by atoms with Crippen LogP contribution in [0.5, 0.6) is 5.75 Å². The monoisotopic (exact) mass is 227 g/mol. The Bertz CT molecular complexity index is 535. The predicted octanol–water partition coefficient (Wildman–Crippen LogP) is 2.92. The smallest absolute Gasteiger partial charge is 0.343 e. The Morgan fingerprint density at radius 1 is 1.18 bits per heavy atom. The van der Waals surface area contributed by atoms with Gasteiger partial charge in [0.15, 0.2) is 0 Å². The highest BCUT2D eigenvalue weighted by Gasteiger charge is 2.09. The van der Waals surface area contributed by atoms with Gasteiger partial charge in [-0.05, 0) is 49.2 Å². The molecule has 0 saturated carbocycles. The third-order valence-corrected chi connectivity index (χ3v) is 2.59. The number of esters is 1. The Labute approximate surface area is 100 Å². The van der Waals surface area contributed by atoms with Crippen LogP contribution in [0.2, 0.25) is 0 Å². The molecule has 0 N–H and O–H groups in total. The van der Waals surface area contributed by atoms with Gasteiger partial charge >= 0.3 is 5.97 Å². The minimum atomic E-state index is -0.360. The Hall–Kier alpha value is -2.16. The minimum absolute atomic E-state index is 0.360. The van der Waals surface area contributed by atoms with Crippen molar-refractivity contribution >= 4 is 5.97 Å². The summed E-state index contributed by atoms with van der Waals surface area (Å²) in [6.45, 7) is 3.97. The number of rotatable bonds is 2. The molecule has 1 aromatic carbocycles. The van der Waals surface area contributed by atoms with Gasteiger partial charge in [0, 0.05) is 6.20 Å². The molecule has 0 fully saturated rings. The quantitative estimate of drug-likeness (QED) is 0.740. The molecule has 1 heterocycles. The van der Waals surface area contributed by atoms with Crippen molar-refractivity contribution < 1.29 is 9.53 Å². The number of aryl methyl sites for hydroxylation is 2. The highest BCUT2D eigenvalue weighted by atomic mass is 16.5. The molecule has 3 heteroatoms. The van der Waals surface area contributed by atoms with Crippen LogP contribution in [-0.4, -0.2) is 11.0 Å². The van der Waals surface area contributed by atoms with Crippen LogP contribution in [0.25, 0.3) is 0 Å². The molecule has 0 atom stereocenters. The van der Waals surface area contributed by atoms with E-state index in [1.54, 1.807) is 24.4 Å². The molecular formula is C14H13NO2. The van der Waals surface area contributed by atoms with Crippen molar-refractivity contribution in [2.45, 2.75) is 13.8 Å². The molecule has 0 bridgehead atoms. The zero-order valence-electron chi connectivity index (χ0n) is 9.81. The fourth-order valence-corrected chi connectivity index (χ4v) is 1.44. The van der Waals surface area contributed by atoms with Crippen molar-refractivity contribution in [3.8, 4) is 5.75 Å². The number of hydrogen-bond acceptors (Lipinski definition) is 3. The third kappa shape index (κ3) is 2.69. The van der Waals surface area contributed by atoms with Gasteiger partial charge in [0.05, 0.1) is 11.8 Å². The van der Waals surface area contributed by atoms with E-state index in [2.05, 4.69) is 4.98 Å².